The molecular formula is C12H17NO3. The largest absolute Gasteiger partial charge is 0.508 e. The van der Waals surface area contributed by atoms with Crippen molar-refractivity contribution in [1.82, 2.24) is 5.32 Å². The molecule has 1 aromatic carbocycles. The van der Waals surface area contributed by atoms with Crippen LogP contribution in [-0.4, -0.2) is 28.1 Å². The molecule has 0 saturated carbocycles. The molecule has 0 aliphatic carbocycles. The minimum Gasteiger partial charge on any atom is -0.508 e. The summed E-state index contributed by atoms with van der Waals surface area (Å²) in [5, 5.41) is 21.5. The van der Waals surface area contributed by atoms with E-state index >= 15 is 0 Å². The first-order chi connectivity index (χ1) is 7.28. The number of nitrogens with one attached hydrogen (secondary N) is 1. The molecule has 16 heavy (non-hydrogen) atoms. The third kappa shape index (κ3) is 3.90. The molecule has 1 aromatic rings. The molecule has 0 radical (unpaired) electrons. The second-order valence-corrected chi connectivity index (χ2v) is 4.76. The van der Waals surface area contributed by atoms with E-state index in [2.05, 4.69) is 5.32 Å². The zero-order valence-corrected chi connectivity index (χ0v) is 9.74. The van der Waals surface area contributed by atoms with Crippen molar-refractivity contribution in [3.05, 3.63) is 23.8 Å². The van der Waals surface area contributed by atoms with Gasteiger partial charge in [0.1, 0.15) is 11.5 Å². The van der Waals surface area contributed by atoms with Gasteiger partial charge in [0.15, 0.2) is 5.78 Å². The van der Waals surface area contributed by atoms with Crippen LogP contribution in [-0.2, 0) is 0 Å². The monoisotopic (exact) mass is 223 g/mol. The Bertz CT molecular complexity index is 373. The second-order valence-electron chi connectivity index (χ2n) is 4.76. The normalized spacial score (nSPS) is 11.4. The van der Waals surface area contributed by atoms with Crippen LogP contribution in [0.3, 0.4) is 0 Å². The van der Waals surface area contributed by atoms with Crippen LogP contribution >= 0.6 is 0 Å². The van der Waals surface area contributed by atoms with Crippen LogP contribution in [0.1, 0.15) is 31.1 Å². The summed E-state index contributed by atoms with van der Waals surface area (Å²) in [6.45, 7) is 6.05. The van der Waals surface area contributed by atoms with Crippen molar-refractivity contribution in [1.29, 1.82) is 0 Å². The average molecular weight is 223 g/mol. The van der Waals surface area contributed by atoms with Gasteiger partial charge in [0.25, 0.3) is 0 Å². The van der Waals surface area contributed by atoms with E-state index in [4.69, 9.17) is 0 Å². The average Bonchev–Trinajstić information content (AvgIpc) is 2.11. The smallest absolute Gasteiger partial charge is 0.176 e. The molecule has 0 saturated heterocycles. The maximum Gasteiger partial charge on any atom is 0.176 e. The molecule has 0 aliphatic heterocycles. The molecule has 0 bridgehead atoms. The fourth-order valence-electron chi connectivity index (χ4n) is 1.20. The molecule has 0 atom stereocenters. The molecular weight excluding hydrogens is 206 g/mol. The van der Waals surface area contributed by atoms with E-state index in [0.29, 0.717) is 5.56 Å². The predicted octanol–water partition coefficient (Wildman–Crippen LogP) is 1.67. The SMILES string of the molecule is CC(C)(C)NCC(=O)c1cc(O)cc(O)c1. The molecule has 0 fully saturated rings. The van der Waals surface area contributed by atoms with Crippen LogP contribution in [0.2, 0.25) is 0 Å². The van der Waals surface area contributed by atoms with E-state index in [0.717, 1.165) is 0 Å². The van der Waals surface area contributed by atoms with Crippen molar-refractivity contribution >= 4 is 5.78 Å². The minimum atomic E-state index is -0.166. The maximum atomic E-state index is 11.7. The number of carbonyl (C=O) groups excluding carboxylic acids is 1. The molecule has 3 N–H and O–H groups in total. The number of benzene rings is 1. The third-order valence-electron chi connectivity index (χ3n) is 2.00. The Hall–Kier alpha value is -1.55. The van der Waals surface area contributed by atoms with E-state index in [1.165, 1.54) is 18.2 Å². The summed E-state index contributed by atoms with van der Waals surface area (Å²) in [5.41, 5.74) is 0.156. The molecule has 0 amide bonds. The van der Waals surface area contributed by atoms with Crippen LogP contribution < -0.4 is 5.32 Å². The highest BCUT2D eigenvalue weighted by Crippen LogP contribution is 2.20. The Labute approximate surface area is 94.9 Å². The number of Topliss-reactive ketones (excluding diaryl/α,β-unsaturated/α-hetero) is 1. The number of hydrogen-bond acceptors (Lipinski definition) is 4. The number of carbonyl (C=O) groups is 1. The first kappa shape index (κ1) is 12.5. The lowest BCUT2D eigenvalue weighted by Gasteiger charge is -2.19. The van der Waals surface area contributed by atoms with Gasteiger partial charge < -0.3 is 15.5 Å². The van der Waals surface area contributed by atoms with E-state index in [1.807, 2.05) is 20.8 Å². The van der Waals surface area contributed by atoms with Crippen LogP contribution in [0.15, 0.2) is 18.2 Å². The molecule has 0 aliphatic rings. The summed E-state index contributed by atoms with van der Waals surface area (Å²) >= 11 is 0. The van der Waals surface area contributed by atoms with E-state index in [1.54, 1.807) is 0 Å². The predicted molar refractivity (Wildman–Crippen MR) is 61.9 cm³/mol. The molecule has 0 heterocycles. The van der Waals surface area contributed by atoms with Crippen molar-refractivity contribution in [2.45, 2.75) is 26.3 Å². The van der Waals surface area contributed by atoms with Gasteiger partial charge in [-0.05, 0) is 32.9 Å². The fourth-order valence-corrected chi connectivity index (χ4v) is 1.20. The topological polar surface area (TPSA) is 69.6 Å². The maximum absolute atomic E-state index is 11.7. The van der Waals surface area contributed by atoms with Crippen molar-refractivity contribution in [3.63, 3.8) is 0 Å². The number of ketones is 1. The van der Waals surface area contributed by atoms with Gasteiger partial charge in [-0.1, -0.05) is 0 Å². The number of aromatic hydroxyl groups is 2. The lowest BCUT2D eigenvalue weighted by atomic mass is 10.1. The lowest BCUT2D eigenvalue weighted by Crippen LogP contribution is -2.39. The van der Waals surface area contributed by atoms with Gasteiger partial charge in [0.05, 0.1) is 6.54 Å². The van der Waals surface area contributed by atoms with Gasteiger partial charge in [0.2, 0.25) is 0 Å². The van der Waals surface area contributed by atoms with Crippen molar-refractivity contribution in [2.75, 3.05) is 6.54 Å². The summed E-state index contributed by atoms with van der Waals surface area (Å²) in [4.78, 5) is 11.7. The molecule has 0 aromatic heterocycles. The Balaban J connectivity index is 2.73. The Kier molecular flexibility index (Phi) is 3.55. The number of rotatable bonds is 3. The molecule has 4 nitrogen and oxygen atoms in total. The van der Waals surface area contributed by atoms with Gasteiger partial charge in [-0.15, -0.1) is 0 Å². The standard InChI is InChI=1S/C12H17NO3/c1-12(2,3)13-7-11(16)8-4-9(14)6-10(15)5-8/h4-6,13-15H,7H2,1-3H3. The van der Waals surface area contributed by atoms with Crippen molar-refractivity contribution in [2.24, 2.45) is 0 Å². The zero-order valence-electron chi connectivity index (χ0n) is 9.74. The van der Waals surface area contributed by atoms with E-state index in [-0.39, 0.29) is 29.4 Å². The molecule has 1 rings (SSSR count). The number of phenolic OH excluding ortho intramolecular Hbond substituents is 2. The van der Waals surface area contributed by atoms with Crippen LogP contribution in [0.4, 0.5) is 0 Å². The Morgan fingerprint density at radius 2 is 1.69 bits per heavy atom. The highest BCUT2D eigenvalue weighted by atomic mass is 16.3. The molecule has 88 valence electrons. The Morgan fingerprint density at radius 1 is 1.19 bits per heavy atom. The minimum absolute atomic E-state index is 0.112. The molecule has 4 heteroatoms. The van der Waals surface area contributed by atoms with Crippen LogP contribution in [0.25, 0.3) is 0 Å². The summed E-state index contributed by atoms with van der Waals surface area (Å²) in [7, 11) is 0. The van der Waals surface area contributed by atoms with Gasteiger partial charge >= 0.3 is 0 Å². The fraction of sp³-hybridized carbons (Fsp3) is 0.417. The Morgan fingerprint density at radius 3 is 2.12 bits per heavy atom. The van der Waals surface area contributed by atoms with E-state index < -0.39 is 0 Å². The summed E-state index contributed by atoms with van der Waals surface area (Å²) < 4.78 is 0. The summed E-state index contributed by atoms with van der Waals surface area (Å²) in [6, 6.07) is 3.87. The molecule has 0 spiro atoms. The van der Waals surface area contributed by atoms with Crippen LogP contribution in [0, 0.1) is 0 Å². The van der Waals surface area contributed by atoms with Crippen molar-refractivity contribution in [3.8, 4) is 11.5 Å². The molecule has 0 unspecified atom stereocenters. The third-order valence-corrected chi connectivity index (χ3v) is 2.00. The van der Waals surface area contributed by atoms with Gasteiger partial charge in [-0.3, -0.25) is 4.79 Å². The summed E-state index contributed by atoms with van der Waals surface area (Å²) in [5.74, 6) is -0.389. The highest BCUT2D eigenvalue weighted by molar-refractivity contribution is 5.98. The quantitative estimate of drug-likeness (QED) is 0.682. The van der Waals surface area contributed by atoms with Crippen LogP contribution in [0.5, 0.6) is 11.5 Å². The van der Waals surface area contributed by atoms with Gasteiger partial charge in [0, 0.05) is 17.2 Å². The first-order valence-corrected chi connectivity index (χ1v) is 5.09. The van der Waals surface area contributed by atoms with Crippen molar-refractivity contribution < 1.29 is 15.0 Å². The highest BCUT2D eigenvalue weighted by Gasteiger charge is 2.13. The first-order valence-electron chi connectivity index (χ1n) is 5.09. The van der Waals surface area contributed by atoms with Gasteiger partial charge in [-0.25, -0.2) is 0 Å². The summed E-state index contributed by atoms with van der Waals surface area (Å²) in [6.07, 6.45) is 0. The zero-order chi connectivity index (χ0) is 12.3. The lowest BCUT2D eigenvalue weighted by molar-refractivity contribution is 0.0981. The van der Waals surface area contributed by atoms with E-state index in [9.17, 15) is 15.0 Å². The van der Waals surface area contributed by atoms with Gasteiger partial charge in [-0.2, -0.15) is 0 Å². The second kappa shape index (κ2) is 4.53. The number of hydrogen-bond donors (Lipinski definition) is 3. The number of phenols is 2.